The van der Waals surface area contributed by atoms with Gasteiger partial charge in [0.25, 0.3) is 5.91 Å². The number of carbonyl (C=O) groups is 1. The van der Waals surface area contributed by atoms with Crippen LogP contribution in [0.25, 0.3) is 0 Å². The number of carbonyl (C=O) groups excluding carboxylic acids is 1. The predicted octanol–water partition coefficient (Wildman–Crippen LogP) is 3.28. The lowest BCUT2D eigenvalue weighted by Gasteiger charge is -2.36. The molecular weight excluding hydrogens is 493 g/mol. The highest BCUT2D eigenvalue weighted by Gasteiger charge is 2.25. The Labute approximate surface area is 198 Å². The number of halogens is 1. The number of aliphatic imine (C=N–C) groups is 1. The summed E-state index contributed by atoms with van der Waals surface area (Å²) in [6, 6.07) is 4.25. The fourth-order valence-electron chi connectivity index (χ4n) is 4.31. The molecule has 1 aromatic heterocycles. The molecule has 0 radical (unpaired) electrons. The van der Waals surface area contributed by atoms with Crippen LogP contribution in [0.2, 0.25) is 0 Å². The van der Waals surface area contributed by atoms with Gasteiger partial charge in [0, 0.05) is 45.3 Å². The monoisotopic (exact) mass is 531 g/mol. The molecule has 0 atom stereocenters. The first-order chi connectivity index (χ1) is 14.2. The molecule has 1 aliphatic carbocycles. The van der Waals surface area contributed by atoms with Crippen molar-refractivity contribution in [2.45, 2.75) is 51.5 Å². The lowest BCUT2D eigenvalue weighted by atomic mass is 9.94. The molecule has 1 N–H and O–H groups in total. The molecule has 170 valence electrons. The van der Waals surface area contributed by atoms with Crippen LogP contribution in [-0.2, 0) is 0 Å². The number of hydrogen-bond donors (Lipinski definition) is 1. The van der Waals surface area contributed by atoms with E-state index in [4.69, 9.17) is 9.41 Å². The van der Waals surface area contributed by atoms with Gasteiger partial charge in [0.1, 0.15) is 0 Å². The van der Waals surface area contributed by atoms with Gasteiger partial charge in [0.15, 0.2) is 11.7 Å². The van der Waals surface area contributed by atoms with Crippen molar-refractivity contribution in [1.29, 1.82) is 0 Å². The van der Waals surface area contributed by atoms with Crippen LogP contribution in [0, 0.1) is 0 Å². The summed E-state index contributed by atoms with van der Waals surface area (Å²) >= 11 is 0. The third kappa shape index (κ3) is 7.14. The van der Waals surface area contributed by atoms with Gasteiger partial charge in [-0.3, -0.25) is 9.79 Å². The van der Waals surface area contributed by atoms with Crippen molar-refractivity contribution < 1.29 is 9.21 Å². The van der Waals surface area contributed by atoms with E-state index in [1.165, 1.54) is 32.1 Å². The van der Waals surface area contributed by atoms with Crippen LogP contribution in [0.4, 0.5) is 0 Å². The van der Waals surface area contributed by atoms with Crippen LogP contribution in [0.15, 0.2) is 27.8 Å². The summed E-state index contributed by atoms with van der Waals surface area (Å²) in [4.78, 5) is 23.9. The van der Waals surface area contributed by atoms with Gasteiger partial charge >= 0.3 is 0 Å². The summed E-state index contributed by atoms with van der Waals surface area (Å²) in [5.41, 5.74) is 0. The first kappa shape index (κ1) is 25.0. The quantitative estimate of drug-likeness (QED) is 0.253. The molecule has 0 aromatic carbocycles. The van der Waals surface area contributed by atoms with Crippen molar-refractivity contribution in [2.24, 2.45) is 4.99 Å². The van der Waals surface area contributed by atoms with Crippen molar-refractivity contribution in [2.75, 3.05) is 52.9 Å². The number of rotatable bonds is 7. The number of nitrogens with one attached hydrogen (secondary N) is 1. The van der Waals surface area contributed by atoms with Crippen LogP contribution < -0.4 is 5.32 Å². The van der Waals surface area contributed by atoms with Gasteiger partial charge in [0.05, 0.1) is 6.26 Å². The second kappa shape index (κ2) is 13.2. The van der Waals surface area contributed by atoms with Crippen molar-refractivity contribution in [3.8, 4) is 0 Å². The van der Waals surface area contributed by atoms with Crippen molar-refractivity contribution in [3.05, 3.63) is 24.2 Å². The molecule has 2 fully saturated rings. The molecule has 3 rings (SSSR count). The van der Waals surface area contributed by atoms with E-state index in [2.05, 4.69) is 29.1 Å². The van der Waals surface area contributed by atoms with Gasteiger partial charge in [-0.15, -0.1) is 24.0 Å². The molecule has 1 aromatic rings. The van der Waals surface area contributed by atoms with Gasteiger partial charge < -0.3 is 24.4 Å². The van der Waals surface area contributed by atoms with Crippen LogP contribution in [-0.4, -0.2) is 85.5 Å². The van der Waals surface area contributed by atoms with E-state index in [9.17, 15) is 4.79 Å². The SMILES string of the molecule is CCNC(=NCCCN(C)C1CCCCC1)N1CCN(C(=O)c2ccco2)CC1.I. The second-order valence-corrected chi connectivity index (χ2v) is 8.12. The zero-order valence-corrected chi connectivity index (χ0v) is 20.8. The zero-order valence-electron chi connectivity index (χ0n) is 18.5. The Morgan fingerprint density at radius 1 is 1.20 bits per heavy atom. The maximum absolute atomic E-state index is 12.4. The van der Waals surface area contributed by atoms with E-state index in [1.54, 1.807) is 18.4 Å². The van der Waals surface area contributed by atoms with E-state index in [1.807, 2.05) is 4.90 Å². The Bertz CT molecular complexity index is 638. The number of furan rings is 1. The van der Waals surface area contributed by atoms with Crippen molar-refractivity contribution in [3.63, 3.8) is 0 Å². The van der Waals surface area contributed by atoms with Gasteiger partial charge in [-0.05, 0) is 51.9 Å². The van der Waals surface area contributed by atoms with Crippen molar-refractivity contribution >= 4 is 35.8 Å². The number of guanidine groups is 1. The average molecular weight is 531 g/mol. The normalized spacial score (nSPS) is 18.4. The Balaban J connectivity index is 0.00000320. The van der Waals surface area contributed by atoms with E-state index in [0.29, 0.717) is 18.8 Å². The number of piperazine rings is 1. The summed E-state index contributed by atoms with van der Waals surface area (Å²) in [6.45, 7) is 7.86. The van der Waals surface area contributed by atoms with Crippen LogP contribution >= 0.6 is 24.0 Å². The Morgan fingerprint density at radius 3 is 2.53 bits per heavy atom. The molecule has 1 saturated heterocycles. The van der Waals surface area contributed by atoms with Crippen LogP contribution in [0.3, 0.4) is 0 Å². The van der Waals surface area contributed by atoms with Crippen LogP contribution in [0.1, 0.15) is 56.0 Å². The fraction of sp³-hybridized carbons (Fsp3) is 0.727. The standard InChI is InChI=1S/C22H37N5O2.HI/c1-3-23-22(24-12-8-13-25(2)19-9-5-4-6-10-19)27-16-14-26(15-17-27)21(28)20-11-7-18-29-20;/h7,11,18-19H,3-6,8-10,12-17H2,1-2H3,(H,23,24);1H. The number of nitrogens with zero attached hydrogens (tertiary/aromatic N) is 4. The molecule has 1 amide bonds. The number of hydrogen-bond acceptors (Lipinski definition) is 4. The molecule has 0 bridgehead atoms. The van der Waals surface area contributed by atoms with Crippen molar-refractivity contribution in [1.82, 2.24) is 20.0 Å². The molecule has 8 heteroatoms. The van der Waals surface area contributed by atoms with E-state index in [-0.39, 0.29) is 29.9 Å². The Morgan fingerprint density at radius 2 is 1.90 bits per heavy atom. The Hall–Kier alpha value is -1.29. The minimum atomic E-state index is -0.0256. The largest absolute Gasteiger partial charge is 0.459 e. The highest BCUT2D eigenvalue weighted by Crippen LogP contribution is 2.21. The van der Waals surface area contributed by atoms with E-state index in [0.717, 1.165) is 51.1 Å². The molecule has 1 aliphatic heterocycles. The van der Waals surface area contributed by atoms with Crippen LogP contribution in [0.5, 0.6) is 0 Å². The van der Waals surface area contributed by atoms with Gasteiger partial charge in [-0.25, -0.2) is 0 Å². The Kier molecular flexibility index (Phi) is 11.0. The van der Waals surface area contributed by atoms with E-state index >= 15 is 0 Å². The highest BCUT2D eigenvalue weighted by atomic mass is 127. The molecule has 2 aliphatic rings. The third-order valence-electron chi connectivity index (χ3n) is 6.06. The zero-order chi connectivity index (χ0) is 20.5. The third-order valence-corrected chi connectivity index (χ3v) is 6.06. The minimum Gasteiger partial charge on any atom is -0.459 e. The molecule has 0 unspecified atom stereocenters. The topological polar surface area (TPSA) is 64.3 Å². The van der Waals surface area contributed by atoms with E-state index < -0.39 is 0 Å². The summed E-state index contributed by atoms with van der Waals surface area (Å²) in [6.07, 6.45) is 9.50. The maximum atomic E-state index is 12.4. The summed E-state index contributed by atoms with van der Waals surface area (Å²) in [7, 11) is 2.26. The first-order valence-electron chi connectivity index (χ1n) is 11.3. The first-order valence-corrected chi connectivity index (χ1v) is 11.3. The molecule has 1 saturated carbocycles. The summed E-state index contributed by atoms with van der Waals surface area (Å²) in [5, 5.41) is 3.42. The molecule has 0 spiro atoms. The summed E-state index contributed by atoms with van der Waals surface area (Å²) < 4.78 is 5.24. The fourth-order valence-corrected chi connectivity index (χ4v) is 4.31. The lowest BCUT2D eigenvalue weighted by Crippen LogP contribution is -2.53. The number of amides is 1. The van der Waals surface area contributed by atoms with Gasteiger partial charge in [-0.2, -0.15) is 0 Å². The highest BCUT2D eigenvalue weighted by molar-refractivity contribution is 14.0. The molecule has 7 nitrogen and oxygen atoms in total. The molecule has 2 heterocycles. The predicted molar refractivity (Wildman–Crippen MR) is 132 cm³/mol. The summed E-state index contributed by atoms with van der Waals surface area (Å²) in [5.74, 6) is 1.36. The maximum Gasteiger partial charge on any atom is 0.289 e. The smallest absolute Gasteiger partial charge is 0.289 e. The molecular formula is C22H38IN5O2. The molecule has 30 heavy (non-hydrogen) atoms. The van der Waals surface area contributed by atoms with Gasteiger partial charge in [0.2, 0.25) is 0 Å². The average Bonchev–Trinajstić information content (AvgIpc) is 3.31. The minimum absolute atomic E-state index is 0. The second-order valence-electron chi connectivity index (χ2n) is 8.12. The lowest BCUT2D eigenvalue weighted by molar-refractivity contribution is 0.0657. The van der Waals surface area contributed by atoms with Gasteiger partial charge in [-0.1, -0.05) is 19.3 Å².